The first-order valence-electron chi connectivity index (χ1n) is 5.97. The van der Waals surface area contributed by atoms with Crippen molar-refractivity contribution in [2.45, 2.75) is 33.1 Å². The number of nitrogens with one attached hydrogen (secondary N) is 1. The highest BCUT2D eigenvalue weighted by Crippen LogP contribution is 2.22. The minimum Gasteiger partial charge on any atom is -0.373 e. The van der Waals surface area contributed by atoms with Crippen molar-refractivity contribution in [3.05, 3.63) is 11.9 Å². The van der Waals surface area contributed by atoms with Crippen molar-refractivity contribution in [2.24, 2.45) is 0 Å². The molecule has 0 bridgehead atoms. The number of hydrogen-bond acceptors (Lipinski definition) is 4. The maximum Gasteiger partial charge on any atom is 0.137 e. The molecular weight excluding hydrogens is 200 g/mol. The molecule has 4 heteroatoms. The molecular formula is C12H22N4. The van der Waals surface area contributed by atoms with Gasteiger partial charge in [-0.2, -0.15) is 0 Å². The van der Waals surface area contributed by atoms with Crippen molar-refractivity contribution in [1.82, 2.24) is 9.97 Å². The van der Waals surface area contributed by atoms with Crippen molar-refractivity contribution < 1.29 is 0 Å². The van der Waals surface area contributed by atoms with Crippen LogP contribution in [0.5, 0.6) is 0 Å². The van der Waals surface area contributed by atoms with Crippen LogP contribution in [0.4, 0.5) is 11.6 Å². The maximum atomic E-state index is 4.39. The van der Waals surface area contributed by atoms with Crippen LogP contribution in [0.25, 0.3) is 0 Å². The van der Waals surface area contributed by atoms with Gasteiger partial charge in [-0.1, -0.05) is 20.3 Å². The van der Waals surface area contributed by atoms with Crippen molar-refractivity contribution in [3.8, 4) is 0 Å². The summed E-state index contributed by atoms with van der Waals surface area (Å²) < 4.78 is 0. The minimum absolute atomic E-state index is 0.941. The summed E-state index contributed by atoms with van der Waals surface area (Å²) in [5, 5.41) is 3.12. The summed E-state index contributed by atoms with van der Waals surface area (Å²) in [7, 11) is 3.99. The summed E-state index contributed by atoms with van der Waals surface area (Å²) in [4.78, 5) is 10.8. The first-order valence-corrected chi connectivity index (χ1v) is 5.97. The minimum atomic E-state index is 0.941. The maximum absolute atomic E-state index is 4.39. The van der Waals surface area contributed by atoms with Crippen LogP contribution in [0.3, 0.4) is 0 Å². The monoisotopic (exact) mass is 222 g/mol. The van der Waals surface area contributed by atoms with E-state index in [1.165, 1.54) is 18.4 Å². The van der Waals surface area contributed by atoms with Gasteiger partial charge in [0, 0.05) is 26.2 Å². The lowest BCUT2D eigenvalue weighted by atomic mass is 10.2. The Labute approximate surface area is 98.1 Å². The van der Waals surface area contributed by atoms with Gasteiger partial charge in [-0.3, -0.25) is 0 Å². The van der Waals surface area contributed by atoms with E-state index in [-0.39, 0.29) is 0 Å². The summed E-state index contributed by atoms with van der Waals surface area (Å²) >= 11 is 0. The molecule has 0 amide bonds. The third-order valence-corrected chi connectivity index (χ3v) is 2.72. The van der Waals surface area contributed by atoms with Crippen LogP contribution < -0.4 is 10.2 Å². The van der Waals surface area contributed by atoms with E-state index in [4.69, 9.17) is 0 Å². The Kier molecular flexibility index (Phi) is 5.02. The van der Waals surface area contributed by atoms with Gasteiger partial charge in [0.1, 0.15) is 18.0 Å². The molecule has 90 valence electrons. The van der Waals surface area contributed by atoms with Crippen molar-refractivity contribution in [2.75, 3.05) is 30.9 Å². The van der Waals surface area contributed by atoms with Gasteiger partial charge in [0.15, 0.2) is 0 Å². The van der Waals surface area contributed by atoms with Crippen LogP contribution in [0.2, 0.25) is 0 Å². The topological polar surface area (TPSA) is 41.1 Å². The third-order valence-electron chi connectivity index (χ3n) is 2.72. The van der Waals surface area contributed by atoms with E-state index in [2.05, 4.69) is 41.1 Å². The van der Waals surface area contributed by atoms with E-state index >= 15 is 0 Å². The molecule has 0 aromatic carbocycles. The molecule has 4 nitrogen and oxygen atoms in total. The fourth-order valence-electron chi connectivity index (χ4n) is 1.77. The zero-order valence-corrected chi connectivity index (χ0v) is 10.7. The molecule has 0 aliphatic rings. The lowest BCUT2D eigenvalue weighted by molar-refractivity contribution is 0.754. The Morgan fingerprint density at radius 1 is 1.31 bits per heavy atom. The number of hydrogen-bond donors (Lipinski definition) is 1. The van der Waals surface area contributed by atoms with Gasteiger partial charge in [0.2, 0.25) is 0 Å². The average molecular weight is 222 g/mol. The molecule has 0 spiro atoms. The SMILES string of the molecule is CCCCN(C)c1ncnc(NC)c1CC. The second-order valence-corrected chi connectivity index (χ2v) is 3.90. The normalized spacial score (nSPS) is 10.2. The number of anilines is 2. The highest BCUT2D eigenvalue weighted by Gasteiger charge is 2.11. The van der Waals surface area contributed by atoms with Crippen molar-refractivity contribution in [3.63, 3.8) is 0 Å². The highest BCUT2D eigenvalue weighted by molar-refractivity contribution is 5.58. The Bertz CT molecular complexity index is 325. The van der Waals surface area contributed by atoms with Gasteiger partial charge in [-0.25, -0.2) is 9.97 Å². The van der Waals surface area contributed by atoms with E-state index in [9.17, 15) is 0 Å². The first kappa shape index (κ1) is 12.7. The molecule has 0 saturated heterocycles. The molecule has 1 aromatic rings. The second-order valence-electron chi connectivity index (χ2n) is 3.90. The average Bonchev–Trinajstić information content (AvgIpc) is 2.34. The summed E-state index contributed by atoms with van der Waals surface area (Å²) in [6, 6.07) is 0. The molecule has 16 heavy (non-hydrogen) atoms. The van der Waals surface area contributed by atoms with E-state index < -0.39 is 0 Å². The van der Waals surface area contributed by atoms with E-state index in [1.54, 1.807) is 6.33 Å². The van der Waals surface area contributed by atoms with Crippen molar-refractivity contribution in [1.29, 1.82) is 0 Å². The lowest BCUT2D eigenvalue weighted by Crippen LogP contribution is -2.22. The number of rotatable bonds is 6. The molecule has 1 heterocycles. The van der Waals surface area contributed by atoms with Gasteiger partial charge in [0.25, 0.3) is 0 Å². The molecule has 0 aliphatic heterocycles. The molecule has 1 N–H and O–H groups in total. The molecule has 0 saturated carbocycles. The van der Waals surface area contributed by atoms with Crippen LogP contribution in [0.1, 0.15) is 32.3 Å². The van der Waals surface area contributed by atoms with Gasteiger partial charge < -0.3 is 10.2 Å². The zero-order valence-electron chi connectivity index (χ0n) is 10.7. The third kappa shape index (κ3) is 2.84. The first-order chi connectivity index (χ1) is 7.74. The summed E-state index contributed by atoms with van der Waals surface area (Å²) in [6.07, 6.45) is 4.97. The molecule has 0 radical (unpaired) electrons. The van der Waals surface area contributed by atoms with Crippen LogP contribution in [0.15, 0.2) is 6.33 Å². The molecule has 0 atom stereocenters. The fourth-order valence-corrected chi connectivity index (χ4v) is 1.77. The zero-order chi connectivity index (χ0) is 12.0. The Hall–Kier alpha value is -1.32. The van der Waals surface area contributed by atoms with E-state index in [0.29, 0.717) is 0 Å². The standard InChI is InChI=1S/C12H22N4/c1-5-7-8-16(4)12-10(6-2)11(13-3)14-9-15-12/h9H,5-8H2,1-4H3,(H,13,14,15). The van der Waals surface area contributed by atoms with E-state index in [0.717, 1.165) is 24.6 Å². The Morgan fingerprint density at radius 3 is 2.62 bits per heavy atom. The van der Waals surface area contributed by atoms with Crippen LogP contribution in [-0.4, -0.2) is 30.6 Å². The molecule has 1 aromatic heterocycles. The Morgan fingerprint density at radius 2 is 2.06 bits per heavy atom. The quantitative estimate of drug-likeness (QED) is 0.802. The molecule has 0 unspecified atom stereocenters. The van der Waals surface area contributed by atoms with E-state index in [1.807, 2.05) is 7.05 Å². The summed E-state index contributed by atoms with van der Waals surface area (Å²) in [5.41, 5.74) is 1.20. The largest absolute Gasteiger partial charge is 0.373 e. The molecule has 1 rings (SSSR count). The van der Waals surface area contributed by atoms with Crippen molar-refractivity contribution >= 4 is 11.6 Å². The lowest BCUT2D eigenvalue weighted by Gasteiger charge is -2.21. The predicted octanol–water partition coefficient (Wildman–Crippen LogP) is 2.32. The summed E-state index contributed by atoms with van der Waals surface area (Å²) in [5.74, 6) is 1.99. The Balaban J connectivity index is 2.93. The van der Waals surface area contributed by atoms with Gasteiger partial charge in [-0.15, -0.1) is 0 Å². The smallest absolute Gasteiger partial charge is 0.137 e. The second kappa shape index (κ2) is 6.30. The van der Waals surface area contributed by atoms with Crippen LogP contribution in [0, 0.1) is 0 Å². The molecule has 0 fully saturated rings. The van der Waals surface area contributed by atoms with Crippen LogP contribution in [-0.2, 0) is 6.42 Å². The fraction of sp³-hybridized carbons (Fsp3) is 0.667. The predicted molar refractivity (Wildman–Crippen MR) is 69.1 cm³/mol. The summed E-state index contributed by atoms with van der Waals surface area (Å²) in [6.45, 7) is 5.38. The van der Waals surface area contributed by atoms with Crippen LogP contribution >= 0.6 is 0 Å². The number of aromatic nitrogens is 2. The number of unbranched alkanes of at least 4 members (excludes halogenated alkanes) is 1. The van der Waals surface area contributed by atoms with Gasteiger partial charge in [0.05, 0.1) is 0 Å². The molecule has 0 aliphatic carbocycles. The van der Waals surface area contributed by atoms with Gasteiger partial charge in [-0.05, 0) is 12.8 Å². The highest BCUT2D eigenvalue weighted by atomic mass is 15.2. The van der Waals surface area contributed by atoms with Gasteiger partial charge >= 0.3 is 0 Å². The number of nitrogens with zero attached hydrogens (tertiary/aromatic N) is 3.